The van der Waals surface area contributed by atoms with E-state index in [0.29, 0.717) is 19.4 Å². The number of carboxylic acid groups (broad SMARTS) is 1. The monoisotopic (exact) mass is 293 g/mol. The lowest BCUT2D eigenvalue weighted by Gasteiger charge is -2.30. The number of piperidine rings is 1. The fraction of sp³-hybridized carbons (Fsp3) is 0.818. The first-order valence-corrected chi connectivity index (χ1v) is 7.67. The highest BCUT2D eigenvalue weighted by Gasteiger charge is 2.34. The molecule has 0 saturated carbocycles. The molecule has 0 aromatic heterocycles. The van der Waals surface area contributed by atoms with Gasteiger partial charge < -0.3 is 9.84 Å². The second kappa shape index (κ2) is 6.33. The Balaban J connectivity index is 2.71. The van der Waals surface area contributed by atoms with Gasteiger partial charge in [0.05, 0.1) is 24.7 Å². The van der Waals surface area contributed by atoms with Crippen molar-refractivity contribution in [3.05, 3.63) is 0 Å². The van der Waals surface area contributed by atoms with Gasteiger partial charge in [-0.1, -0.05) is 6.92 Å². The van der Waals surface area contributed by atoms with Gasteiger partial charge in [0, 0.05) is 13.1 Å². The topological polar surface area (TPSA) is 101 Å². The molecule has 0 aromatic carbocycles. The largest absolute Gasteiger partial charge is 0.481 e. The number of sulfonamides is 1. The van der Waals surface area contributed by atoms with E-state index >= 15 is 0 Å². The van der Waals surface area contributed by atoms with Gasteiger partial charge in [0.25, 0.3) is 0 Å². The van der Waals surface area contributed by atoms with Gasteiger partial charge in [0.15, 0.2) is 0 Å². The Bertz CT molecular complexity index is 446. The lowest BCUT2D eigenvalue weighted by molar-refractivity contribution is -0.144. The van der Waals surface area contributed by atoms with Crippen LogP contribution in [-0.4, -0.2) is 55.7 Å². The second-order valence-electron chi connectivity index (χ2n) is 4.74. The summed E-state index contributed by atoms with van der Waals surface area (Å²) in [4.78, 5) is 22.2. The average Bonchev–Trinajstić information content (AvgIpc) is 2.37. The number of hydrogen-bond acceptors (Lipinski definition) is 5. The second-order valence-corrected chi connectivity index (χ2v) is 6.75. The summed E-state index contributed by atoms with van der Waals surface area (Å²) in [6.45, 7) is 1.76. The molecule has 1 N–H and O–H groups in total. The van der Waals surface area contributed by atoms with Crippen LogP contribution in [0, 0.1) is 11.8 Å². The van der Waals surface area contributed by atoms with E-state index in [4.69, 9.17) is 5.11 Å². The van der Waals surface area contributed by atoms with Crippen LogP contribution in [0.25, 0.3) is 0 Å². The van der Waals surface area contributed by atoms with E-state index in [1.54, 1.807) is 0 Å². The first-order chi connectivity index (χ1) is 8.77. The van der Waals surface area contributed by atoms with Crippen molar-refractivity contribution in [2.75, 3.05) is 26.0 Å². The number of ether oxygens (including phenoxy) is 1. The summed E-state index contributed by atoms with van der Waals surface area (Å²) in [5.74, 6) is -3.36. The Kier molecular flexibility index (Phi) is 5.30. The van der Waals surface area contributed by atoms with E-state index < -0.39 is 33.8 Å². The molecule has 8 heteroatoms. The van der Waals surface area contributed by atoms with Crippen molar-refractivity contribution in [1.82, 2.24) is 4.31 Å². The molecular weight excluding hydrogens is 274 g/mol. The Hall–Kier alpha value is -1.15. The molecule has 2 unspecified atom stereocenters. The Morgan fingerprint density at radius 1 is 1.47 bits per heavy atom. The molecule has 1 saturated heterocycles. The smallest absolute Gasteiger partial charge is 0.309 e. The highest BCUT2D eigenvalue weighted by molar-refractivity contribution is 7.89. The minimum absolute atomic E-state index is 0.0223. The van der Waals surface area contributed by atoms with Gasteiger partial charge in [0.2, 0.25) is 10.0 Å². The van der Waals surface area contributed by atoms with Crippen LogP contribution in [0.1, 0.15) is 19.8 Å². The van der Waals surface area contributed by atoms with Crippen LogP contribution in [-0.2, 0) is 24.3 Å². The Morgan fingerprint density at radius 3 is 2.63 bits per heavy atom. The molecule has 110 valence electrons. The summed E-state index contributed by atoms with van der Waals surface area (Å²) in [6, 6.07) is 0. The lowest BCUT2D eigenvalue weighted by atomic mass is 10.0. The predicted octanol–water partition coefficient (Wildman–Crippen LogP) is -0.0781. The first-order valence-electron chi connectivity index (χ1n) is 6.06. The summed E-state index contributed by atoms with van der Waals surface area (Å²) in [5.41, 5.74) is 0. The number of carbonyl (C=O) groups is 2. The molecule has 1 heterocycles. The van der Waals surface area contributed by atoms with Crippen molar-refractivity contribution in [1.29, 1.82) is 0 Å². The van der Waals surface area contributed by atoms with Crippen LogP contribution in [0.15, 0.2) is 0 Å². The molecule has 19 heavy (non-hydrogen) atoms. The summed E-state index contributed by atoms with van der Waals surface area (Å²) < 4.78 is 29.9. The third-order valence-electron chi connectivity index (χ3n) is 3.19. The SMILES string of the molecule is COC(=O)C(C)CS(=O)(=O)N1CCCC(C(=O)O)C1. The van der Waals surface area contributed by atoms with Crippen LogP contribution in [0.4, 0.5) is 0 Å². The van der Waals surface area contributed by atoms with Crippen LogP contribution in [0.2, 0.25) is 0 Å². The third kappa shape index (κ3) is 4.17. The van der Waals surface area contributed by atoms with Gasteiger partial charge >= 0.3 is 11.9 Å². The number of carboxylic acids is 1. The van der Waals surface area contributed by atoms with E-state index in [9.17, 15) is 18.0 Å². The zero-order valence-electron chi connectivity index (χ0n) is 11.0. The minimum atomic E-state index is -3.63. The van der Waals surface area contributed by atoms with Gasteiger partial charge in [-0.05, 0) is 12.8 Å². The lowest BCUT2D eigenvalue weighted by Crippen LogP contribution is -2.44. The number of methoxy groups -OCH3 is 1. The van der Waals surface area contributed by atoms with E-state index in [2.05, 4.69) is 4.74 Å². The zero-order chi connectivity index (χ0) is 14.6. The predicted molar refractivity (Wildman–Crippen MR) is 66.9 cm³/mol. The Labute approximate surface area is 112 Å². The van der Waals surface area contributed by atoms with Crippen molar-refractivity contribution in [3.63, 3.8) is 0 Å². The molecule has 0 spiro atoms. The maximum atomic E-state index is 12.1. The molecule has 7 nitrogen and oxygen atoms in total. The minimum Gasteiger partial charge on any atom is -0.481 e. The quantitative estimate of drug-likeness (QED) is 0.712. The van der Waals surface area contributed by atoms with Crippen LogP contribution >= 0.6 is 0 Å². The molecule has 0 aliphatic carbocycles. The maximum Gasteiger partial charge on any atom is 0.309 e. The van der Waals surface area contributed by atoms with Gasteiger partial charge in [-0.15, -0.1) is 0 Å². The van der Waals surface area contributed by atoms with Crippen molar-refractivity contribution in [2.24, 2.45) is 11.8 Å². The average molecular weight is 293 g/mol. The molecule has 1 rings (SSSR count). The van der Waals surface area contributed by atoms with Crippen molar-refractivity contribution < 1.29 is 27.9 Å². The van der Waals surface area contributed by atoms with E-state index in [1.807, 2.05) is 0 Å². The standard InChI is InChI=1S/C11H19NO6S/c1-8(11(15)18-2)7-19(16,17)12-5-3-4-9(6-12)10(13)14/h8-9H,3-7H2,1-2H3,(H,13,14). The molecule has 0 amide bonds. The van der Waals surface area contributed by atoms with Crippen LogP contribution in [0.5, 0.6) is 0 Å². The van der Waals surface area contributed by atoms with E-state index in [1.165, 1.54) is 14.0 Å². The summed E-state index contributed by atoms with van der Waals surface area (Å²) >= 11 is 0. The van der Waals surface area contributed by atoms with E-state index in [0.717, 1.165) is 4.31 Å². The maximum absolute atomic E-state index is 12.1. The van der Waals surface area contributed by atoms with E-state index in [-0.39, 0.29) is 12.3 Å². The molecule has 0 aromatic rings. The molecule has 2 atom stereocenters. The van der Waals surface area contributed by atoms with Gasteiger partial charge in [0.1, 0.15) is 0 Å². The fourth-order valence-electron chi connectivity index (χ4n) is 2.09. The number of hydrogen-bond donors (Lipinski definition) is 1. The van der Waals surface area contributed by atoms with Crippen LogP contribution < -0.4 is 0 Å². The summed E-state index contributed by atoms with van der Waals surface area (Å²) in [7, 11) is -2.43. The fourth-order valence-corrected chi connectivity index (χ4v) is 3.88. The highest BCUT2D eigenvalue weighted by atomic mass is 32.2. The molecule has 0 radical (unpaired) electrons. The van der Waals surface area contributed by atoms with Crippen molar-refractivity contribution >= 4 is 22.0 Å². The first kappa shape index (κ1) is 15.9. The number of rotatable bonds is 5. The third-order valence-corrected chi connectivity index (χ3v) is 5.23. The van der Waals surface area contributed by atoms with Crippen molar-refractivity contribution in [2.45, 2.75) is 19.8 Å². The van der Waals surface area contributed by atoms with Crippen LogP contribution in [0.3, 0.4) is 0 Å². The number of nitrogens with zero attached hydrogens (tertiary/aromatic N) is 1. The summed E-state index contributed by atoms with van der Waals surface area (Å²) in [6.07, 6.45) is 0.997. The number of aliphatic carboxylic acids is 1. The van der Waals surface area contributed by atoms with Gasteiger partial charge in [-0.25, -0.2) is 12.7 Å². The summed E-state index contributed by atoms with van der Waals surface area (Å²) in [5, 5.41) is 8.93. The van der Waals surface area contributed by atoms with Gasteiger partial charge in [-0.2, -0.15) is 0 Å². The van der Waals surface area contributed by atoms with Crippen molar-refractivity contribution in [3.8, 4) is 0 Å². The number of carbonyl (C=O) groups excluding carboxylic acids is 1. The molecule has 1 aliphatic rings. The molecule has 1 aliphatic heterocycles. The molecule has 1 fully saturated rings. The molecule has 0 bridgehead atoms. The normalized spacial score (nSPS) is 22.7. The van der Waals surface area contributed by atoms with Gasteiger partial charge in [-0.3, -0.25) is 9.59 Å². The molecular formula is C11H19NO6S. The Morgan fingerprint density at radius 2 is 2.11 bits per heavy atom. The highest BCUT2D eigenvalue weighted by Crippen LogP contribution is 2.20. The number of esters is 1. The zero-order valence-corrected chi connectivity index (χ0v) is 11.9.